The standard InChI is InChI=1S/C24H25ClN4O2/c25-20-8-4-17(5-9-20)16-22(30)29-14-12-28(13-15-29)21-10-6-18(7-11-21)23-26-24(31-27-23)19-2-1-3-19/h4-11,19H,1-3,12-16H2. The zero-order valence-corrected chi connectivity index (χ0v) is 18.1. The molecule has 1 saturated heterocycles. The fourth-order valence-corrected chi connectivity index (χ4v) is 4.22. The first-order valence-electron chi connectivity index (χ1n) is 10.9. The smallest absolute Gasteiger partial charge is 0.230 e. The highest BCUT2D eigenvalue weighted by Crippen LogP contribution is 2.36. The van der Waals surface area contributed by atoms with Crippen LogP contribution in [0, 0.1) is 0 Å². The molecule has 1 aliphatic carbocycles. The lowest BCUT2D eigenvalue weighted by Gasteiger charge is -2.36. The lowest BCUT2D eigenvalue weighted by molar-refractivity contribution is -0.130. The van der Waals surface area contributed by atoms with E-state index < -0.39 is 0 Å². The van der Waals surface area contributed by atoms with Crippen molar-refractivity contribution in [1.29, 1.82) is 0 Å². The number of hydrogen-bond acceptors (Lipinski definition) is 5. The fourth-order valence-electron chi connectivity index (χ4n) is 4.10. The summed E-state index contributed by atoms with van der Waals surface area (Å²) >= 11 is 5.93. The van der Waals surface area contributed by atoms with Crippen molar-refractivity contribution < 1.29 is 9.32 Å². The summed E-state index contributed by atoms with van der Waals surface area (Å²) in [7, 11) is 0. The number of piperazine rings is 1. The molecule has 6 nitrogen and oxygen atoms in total. The molecule has 2 aromatic carbocycles. The van der Waals surface area contributed by atoms with Crippen LogP contribution in [0.4, 0.5) is 5.69 Å². The van der Waals surface area contributed by atoms with Crippen LogP contribution in [-0.2, 0) is 11.2 Å². The molecule has 0 bridgehead atoms. The van der Waals surface area contributed by atoms with Gasteiger partial charge in [0.1, 0.15) is 0 Å². The maximum Gasteiger partial charge on any atom is 0.230 e. The normalized spacial score (nSPS) is 16.9. The quantitative estimate of drug-likeness (QED) is 0.587. The molecule has 1 aliphatic heterocycles. The summed E-state index contributed by atoms with van der Waals surface area (Å²) in [6, 6.07) is 15.8. The van der Waals surface area contributed by atoms with Gasteiger partial charge in [0.2, 0.25) is 17.6 Å². The van der Waals surface area contributed by atoms with E-state index >= 15 is 0 Å². The summed E-state index contributed by atoms with van der Waals surface area (Å²) < 4.78 is 5.44. The van der Waals surface area contributed by atoms with Gasteiger partial charge >= 0.3 is 0 Å². The number of carbonyl (C=O) groups is 1. The SMILES string of the molecule is O=C(Cc1ccc(Cl)cc1)N1CCN(c2ccc(-c3noc(C4CCC4)n3)cc2)CC1. The molecule has 0 N–H and O–H groups in total. The third-order valence-electron chi connectivity index (χ3n) is 6.29. The van der Waals surface area contributed by atoms with Crippen molar-refractivity contribution in [2.45, 2.75) is 31.6 Å². The lowest BCUT2D eigenvalue weighted by Crippen LogP contribution is -2.49. The number of carbonyl (C=O) groups excluding carboxylic acids is 1. The number of benzene rings is 2. The van der Waals surface area contributed by atoms with Gasteiger partial charge in [0, 0.05) is 48.4 Å². The highest BCUT2D eigenvalue weighted by atomic mass is 35.5. The Morgan fingerprint density at radius 3 is 2.35 bits per heavy atom. The summed E-state index contributed by atoms with van der Waals surface area (Å²) in [6.45, 7) is 3.09. The van der Waals surface area contributed by atoms with Crippen LogP contribution in [0.5, 0.6) is 0 Å². The minimum Gasteiger partial charge on any atom is -0.368 e. The summed E-state index contributed by atoms with van der Waals surface area (Å²) in [4.78, 5) is 21.5. The van der Waals surface area contributed by atoms with E-state index in [0.29, 0.717) is 23.2 Å². The topological polar surface area (TPSA) is 62.5 Å². The average Bonchev–Trinajstić information content (AvgIpc) is 3.24. The molecule has 7 heteroatoms. The van der Waals surface area contributed by atoms with Crippen molar-refractivity contribution in [3.05, 3.63) is 65.0 Å². The van der Waals surface area contributed by atoms with Crippen LogP contribution in [0.25, 0.3) is 11.4 Å². The Hall–Kier alpha value is -2.86. The monoisotopic (exact) mass is 436 g/mol. The van der Waals surface area contributed by atoms with Crippen molar-refractivity contribution in [1.82, 2.24) is 15.0 Å². The predicted octanol–water partition coefficient (Wildman–Crippen LogP) is 4.55. The minimum absolute atomic E-state index is 0.164. The van der Waals surface area contributed by atoms with Gasteiger partial charge in [-0.05, 0) is 54.8 Å². The van der Waals surface area contributed by atoms with Crippen LogP contribution in [0.3, 0.4) is 0 Å². The first-order valence-corrected chi connectivity index (χ1v) is 11.2. The van der Waals surface area contributed by atoms with Crippen LogP contribution < -0.4 is 4.90 Å². The Morgan fingerprint density at radius 2 is 1.71 bits per heavy atom. The Bertz CT molecular complexity index is 1040. The van der Waals surface area contributed by atoms with E-state index in [9.17, 15) is 4.79 Å². The molecular weight excluding hydrogens is 412 g/mol. The maximum absolute atomic E-state index is 12.6. The van der Waals surface area contributed by atoms with Crippen molar-refractivity contribution in [2.75, 3.05) is 31.1 Å². The van der Waals surface area contributed by atoms with E-state index in [1.54, 1.807) is 0 Å². The fraction of sp³-hybridized carbons (Fsp3) is 0.375. The molecule has 1 saturated carbocycles. The molecule has 2 heterocycles. The molecule has 0 atom stereocenters. The summed E-state index contributed by atoms with van der Waals surface area (Å²) in [6.07, 6.45) is 3.96. The molecule has 1 aromatic heterocycles. The molecule has 0 spiro atoms. The molecule has 2 aliphatic rings. The number of anilines is 1. The van der Waals surface area contributed by atoms with Crippen LogP contribution >= 0.6 is 11.6 Å². The molecule has 0 unspecified atom stereocenters. The first-order chi connectivity index (χ1) is 15.2. The Balaban J connectivity index is 1.16. The van der Waals surface area contributed by atoms with E-state index in [-0.39, 0.29) is 5.91 Å². The predicted molar refractivity (Wildman–Crippen MR) is 120 cm³/mol. The third-order valence-corrected chi connectivity index (χ3v) is 6.54. The van der Waals surface area contributed by atoms with Crippen molar-refractivity contribution in [3.8, 4) is 11.4 Å². The van der Waals surface area contributed by atoms with Gasteiger partial charge in [-0.15, -0.1) is 0 Å². The molecule has 3 aromatic rings. The van der Waals surface area contributed by atoms with E-state index in [1.165, 1.54) is 6.42 Å². The van der Waals surface area contributed by atoms with Crippen molar-refractivity contribution >= 4 is 23.2 Å². The third kappa shape index (κ3) is 4.44. The second kappa shape index (κ2) is 8.71. The van der Waals surface area contributed by atoms with Crippen LogP contribution in [-0.4, -0.2) is 47.1 Å². The van der Waals surface area contributed by atoms with Crippen LogP contribution in [0.15, 0.2) is 53.1 Å². The molecule has 1 amide bonds. The van der Waals surface area contributed by atoms with Crippen LogP contribution in [0.2, 0.25) is 5.02 Å². The number of nitrogens with zero attached hydrogens (tertiary/aromatic N) is 4. The van der Waals surface area contributed by atoms with E-state index in [0.717, 1.165) is 61.7 Å². The first kappa shape index (κ1) is 20.1. The average molecular weight is 437 g/mol. The molecule has 0 radical (unpaired) electrons. The highest BCUT2D eigenvalue weighted by Gasteiger charge is 2.26. The summed E-state index contributed by atoms with van der Waals surface area (Å²) in [5, 5.41) is 4.84. The van der Waals surface area contributed by atoms with Gasteiger partial charge in [0.25, 0.3) is 0 Å². The van der Waals surface area contributed by atoms with Gasteiger partial charge in [-0.25, -0.2) is 0 Å². The summed E-state index contributed by atoms with van der Waals surface area (Å²) in [5.74, 6) is 2.03. The zero-order valence-electron chi connectivity index (χ0n) is 17.3. The largest absolute Gasteiger partial charge is 0.368 e. The molecule has 2 fully saturated rings. The van der Waals surface area contributed by atoms with Crippen LogP contribution in [0.1, 0.15) is 36.6 Å². The van der Waals surface area contributed by atoms with Gasteiger partial charge in [-0.1, -0.05) is 35.3 Å². The van der Waals surface area contributed by atoms with E-state index in [2.05, 4.69) is 27.2 Å². The van der Waals surface area contributed by atoms with Gasteiger partial charge in [0.15, 0.2) is 0 Å². The number of rotatable bonds is 5. The Labute approximate surface area is 186 Å². The molecule has 31 heavy (non-hydrogen) atoms. The van der Waals surface area contributed by atoms with Gasteiger partial charge in [-0.3, -0.25) is 4.79 Å². The van der Waals surface area contributed by atoms with Gasteiger partial charge in [-0.2, -0.15) is 4.98 Å². The highest BCUT2D eigenvalue weighted by molar-refractivity contribution is 6.30. The number of aromatic nitrogens is 2. The maximum atomic E-state index is 12.6. The van der Waals surface area contributed by atoms with Gasteiger partial charge in [0.05, 0.1) is 6.42 Å². The Morgan fingerprint density at radius 1 is 1.00 bits per heavy atom. The Kier molecular flexibility index (Phi) is 5.64. The lowest BCUT2D eigenvalue weighted by atomic mass is 9.85. The van der Waals surface area contributed by atoms with E-state index in [4.69, 9.17) is 16.1 Å². The molecular formula is C24H25ClN4O2. The second-order valence-corrected chi connectivity index (χ2v) is 8.74. The number of halogens is 1. The zero-order chi connectivity index (χ0) is 21.2. The van der Waals surface area contributed by atoms with Crippen molar-refractivity contribution in [2.24, 2.45) is 0 Å². The second-order valence-electron chi connectivity index (χ2n) is 8.30. The van der Waals surface area contributed by atoms with E-state index in [1.807, 2.05) is 41.3 Å². The molecule has 160 valence electrons. The summed E-state index contributed by atoms with van der Waals surface area (Å²) in [5.41, 5.74) is 3.11. The van der Waals surface area contributed by atoms with Gasteiger partial charge < -0.3 is 14.3 Å². The minimum atomic E-state index is 0.164. The number of hydrogen-bond donors (Lipinski definition) is 0. The molecule has 5 rings (SSSR count). The number of amides is 1. The van der Waals surface area contributed by atoms with Crippen molar-refractivity contribution in [3.63, 3.8) is 0 Å².